The van der Waals surface area contributed by atoms with Gasteiger partial charge in [0, 0.05) is 36.5 Å². The molecule has 5 heteroatoms. The molecule has 24 heavy (non-hydrogen) atoms. The standard InChI is InChI=1S/C19H24N2O3/c1-2-21-16-6-4-3-5-15(16)13-17(21)18(22)20-9-7-14(8-10-20)19-23-11-12-24-19/h3-6,13-14,19H,2,7-12H2,1H3. The van der Waals surface area contributed by atoms with E-state index in [2.05, 4.69) is 23.6 Å². The van der Waals surface area contributed by atoms with Gasteiger partial charge in [-0.1, -0.05) is 18.2 Å². The first-order valence-corrected chi connectivity index (χ1v) is 8.88. The van der Waals surface area contributed by atoms with Crippen LogP contribution in [-0.4, -0.2) is 48.0 Å². The maximum absolute atomic E-state index is 13.0. The molecule has 0 radical (unpaired) electrons. The van der Waals surface area contributed by atoms with E-state index in [0.29, 0.717) is 19.1 Å². The molecule has 3 heterocycles. The lowest BCUT2D eigenvalue weighted by Gasteiger charge is -2.34. The van der Waals surface area contributed by atoms with Crippen molar-refractivity contribution in [3.63, 3.8) is 0 Å². The highest BCUT2D eigenvalue weighted by atomic mass is 16.7. The number of fused-ring (bicyclic) bond motifs is 1. The zero-order chi connectivity index (χ0) is 16.5. The molecule has 0 atom stereocenters. The molecule has 2 fully saturated rings. The summed E-state index contributed by atoms with van der Waals surface area (Å²) >= 11 is 0. The Kier molecular flexibility index (Phi) is 4.29. The van der Waals surface area contributed by atoms with Crippen LogP contribution in [0.1, 0.15) is 30.3 Å². The largest absolute Gasteiger partial charge is 0.350 e. The maximum Gasteiger partial charge on any atom is 0.270 e. The zero-order valence-corrected chi connectivity index (χ0v) is 14.1. The van der Waals surface area contributed by atoms with Crippen LogP contribution in [0.5, 0.6) is 0 Å². The maximum atomic E-state index is 13.0. The quantitative estimate of drug-likeness (QED) is 0.870. The van der Waals surface area contributed by atoms with Crippen LogP contribution in [0.4, 0.5) is 0 Å². The van der Waals surface area contributed by atoms with Crippen molar-refractivity contribution in [1.29, 1.82) is 0 Å². The predicted octanol–water partition coefficient (Wildman–Crippen LogP) is 2.89. The van der Waals surface area contributed by atoms with Crippen molar-refractivity contribution in [1.82, 2.24) is 9.47 Å². The van der Waals surface area contributed by atoms with Crippen molar-refractivity contribution in [2.75, 3.05) is 26.3 Å². The van der Waals surface area contributed by atoms with Gasteiger partial charge in [0.25, 0.3) is 5.91 Å². The minimum atomic E-state index is -0.0654. The smallest absolute Gasteiger partial charge is 0.270 e. The second kappa shape index (κ2) is 6.57. The molecule has 2 aliphatic heterocycles. The van der Waals surface area contributed by atoms with E-state index in [1.807, 2.05) is 23.1 Å². The van der Waals surface area contributed by atoms with Gasteiger partial charge in [0.1, 0.15) is 5.69 Å². The average Bonchev–Trinajstić information content (AvgIpc) is 3.28. The van der Waals surface area contributed by atoms with Gasteiger partial charge in [0.15, 0.2) is 6.29 Å². The van der Waals surface area contributed by atoms with Crippen LogP contribution in [0.25, 0.3) is 10.9 Å². The average molecular weight is 328 g/mol. The third-order valence-corrected chi connectivity index (χ3v) is 5.21. The molecule has 2 aromatic rings. The lowest BCUT2D eigenvalue weighted by molar-refractivity contribution is -0.0956. The van der Waals surface area contributed by atoms with Gasteiger partial charge in [-0.3, -0.25) is 4.79 Å². The number of likely N-dealkylation sites (tertiary alicyclic amines) is 1. The highest BCUT2D eigenvalue weighted by Gasteiger charge is 2.32. The number of aromatic nitrogens is 1. The number of nitrogens with zero attached hydrogens (tertiary/aromatic N) is 2. The minimum absolute atomic E-state index is 0.0654. The number of hydrogen-bond acceptors (Lipinski definition) is 3. The van der Waals surface area contributed by atoms with Gasteiger partial charge in [-0.25, -0.2) is 0 Å². The molecule has 0 unspecified atom stereocenters. The first-order valence-electron chi connectivity index (χ1n) is 8.88. The Morgan fingerprint density at radius 2 is 1.88 bits per heavy atom. The van der Waals surface area contributed by atoms with Crippen molar-refractivity contribution in [2.45, 2.75) is 32.6 Å². The Morgan fingerprint density at radius 3 is 2.58 bits per heavy atom. The van der Waals surface area contributed by atoms with Gasteiger partial charge in [0.05, 0.1) is 13.2 Å². The number of rotatable bonds is 3. The Bertz CT molecular complexity index is 725. The normalized spacial score (nSPS) is 20.1. The SMILES string of the molecule is CCn1c(C(=O)N2CCC(C3OCCO3)CC2)cc2ccccc21. The molecule has 5 nitrogen and oxygen atoms in total. The van der Waals surface area contributed by atoms with E-state index >= 15 is 0 Å². The van der Waals surface area contributed by atoms with E-state index in [1.54, 1.807) is 0 Å². The molecular formula is C19H24N2O3. The number of amides is 1. The van der Waals surface area contributed by atoms with Crippen LogP contribution in [-0.2, 0) is 16.0 Å². The molecule has 2 aliphatic rings. The van der Waals surface area contributed by atoms with Gasteiger partial charge in [-0.05, 0) is 31.9 Å². The topological polar surface area (TPSA) is 43.7 Å². The summed E-state index contributed by atoms with van der Waals surface area (Å²) in [5.41, 5.74) is 1.93. The van der Waals surface area contributed by atoms with Crippen molar-refractivity contribution in [2.24, 2.45) is 5.92 Å². The fraction of sp³-hybridized carbons (Fsp3) is 0.526. The van der Waals surface area contributed by atoms with Crippen molar-refractivity contribution < 1.29 is 14.3 Å². The molecule has 0 aliphatic carbocycles. The molecule has 0 saturated carbocycles. The predicted molar refractivity (Wildman–Crippen MR) is 91.9 cm³/mol. The first kappa shape index (κ1) is 15.7. The third-order valence-electron chi connectivity index (χ3n) is 5.21. The monoisotopic (exact) mass is 328 g/mol. The zero-order valence-electron chi connectivity index (χ0n) is 14.1. The Hall–Kier alpha value is -1.85. The van der Waals surface area contributed by atoms with E-state index in [1.165, 1.54) is 0 Å². The molecular weight excluding hydrogens is 304 g/mol. The number of hydrogen-bond donors (Lipinski definition) is 0. The fourth-order valence-electron chi connectivity index (χ4n) is 3.91. The molecule has 1 aromatic heterocycles. The van der Waals surface area contributed by atoms with Gasteiger partial charge in [0.2, 0.25) is 0 Å². The number of para-hydroxylation sites is 1. The van der Waals surface area contributed by atoms with Crippen molar-refractivity contribution in [3.05, 3.63) is 36.0 Å². The Labute approximate surface area is 142 Å². The Morgan fingerprint density at radius 1 is 1.17 bits per heavy atom. The van der Waals surface area contributed by atoms with Gasteiger partial charge in [-0.2, -0.15) is 0 Å². The van der Waals surface area contributed by atoms with Gasteiger partial charge in [-0.15, -0.1) is 0 Å². The van der Waals surface area contributed by atoms with E-state index in [4.69, 9.17) is 9.47 Å². The number of benzene rings is 1. The summed E-state index contributed by atoms with van der Waals surface area (Å²) in [7, 11) is 0. The summed E-state index contributed by atoms with van der Waals surface area (Å²) in [4.78, 5) is 15.0. The van der Waals surface area contributed by atoms with Gasteiger partial charge >= 0.3 is 0 Å². The first-order chi connectivity index (χ1) is 11.8. The molecule has 0 N–H and O–H groups in total. The van der Waals surface area contributed by atoms with E-state index < -0.39 is 0 Å². The Balaban J connectivity index is 1.50. The minimum Gasteiger partial charge on any atom is -0.350 e. The molecule has 2 saturated heterocycles. The molecule has 128 valence electrons. The van der Waals surface area contributed by atoms with Crippen LogP contribution in [0, 0.1) is 5.92 Å². The molecule has 0 bridgehead atoms. The summed E-state index contributed by atoms with van der Waals surface area (Å²) in [5.74, 6) is 0.549. The summed E-state index contributed by atoms with van der Waals surface area (Å²) in [5, 5.41) is 1.13. The van der Waals surface area contributed by atoms with E-state index in [0.717, 1.165) is 49.1 Å². The highest BCUT2D eigenvalue weighted by Crippen LogP contribution is 2.27. The van der Waals surface area contributed by atoms with Gasteiger partial charge < -0.3 is 18.9 Å². The summed E-state index contributed by atoms with van der Waals surface area (Å²) in [6.45, 7) is 5.83. The number of ether oxygens (including phenoxy) is 2. The van der Waals surface area contributed by atoms with Crippen molar-refractivity contribution in [3.8, 4) is 0 Å². The second-order valence-corrected chi connectivity index (χ2v) is 6.57. The lowest BCUT2D eigenvalue weighted by atomic mass is 9.96. The van der Waals surface area contributed by atoms with Crippen LogP contribution in [0.2, 0.25) is 0 Å². The number of piperidine rings is 1. The van der Waals surface area contributed by atoms with Crippen molar-refractivity contribution >= 4 is 16.8 Å². The third kappa shape index (κ3) is 2.72. The number of carbonyl (C=O) groups excluding carboxylic acids is 1. The molecule has 0 spiro atoms. The molecule has 1 amide bonds. The van der Waals surface area contributed by atoms with Crippen LogP contribution in [0.15, 0.2) is 30.3 Å². The number of aryl methyl sites for hydroxylation is 1. The number of carbonyl (C=O) groups is 1. The highest BCUT2D eigenvalue weighted by molar-refractivity contribution is 5.98. The lowest BCUT2D eigenvalue weighted by Crippen LogP contribution is -2.42. The van der Waals surface area contributed by atoms with E-state index in [9.17, 15) is 4.79 Å². The summed E-state index contributed by atoms with van der Waals surface area (Å²) in [6.07, 6.45) is 1.83. The second-order valence-electron chi connectivity index (χ2n) is 6.57. The van der Waals surface area contributed by atoms with Crippen LogP contribution >= 0.6 is 0 Å². The van der Waals surface area contributed by atoms with E-state index in [-0.39, 0.29) is 12.2 Å². The summed E-state index contributed by atoms with van der Waals surface area (Å²) in [6, 6.07) is 10.2. The van der Waals surface area contributed by atoms with Crippen LogP contribution in [0.3, 0.4) is 0 Å². The molecule has 1 aromatic carbocycles. The van der Waals surface area contributed by atoms with Crippen LogP contribution < -0.4 is 0 Å². The summed E-state index contributed by atoms with van der Waals surface area (Å²) < 4.78 is 13.4. The fourth-order valence-corrected chi connectivity index (χ4v) is 3.91. The molecule has 4 rings (SSSR count).